The van der Waals surface area contributed by atoms with E-state index in [4.69, 9.17) is 8.83 Å². The first-order valence-electron chi connectivity index (χ1n) is 4.99. The summed E-state index contributed by atoms with van der Waals surface area (Å²) in [5.41, 5.74) is 0. The van der Waals surface area contributed by atoms with Gasteiger partial charge in [-0.25, -0.2) is 0 Å². The third kappa shape index (κ3) is 2.54. The molecule has 0 aromatic carbocycles. The third-order valence-corrected chi connectivity index (χ3v) is 2.02. The van der Waals surface area contributed by atoms with Gasteiger partial charge in [0.2, 0.25) is 11.8 Å². The molecule has 2 aromatic rings. The van der Waals surface area contributed by atoms with Crippen molar-refractivity contribution in [3.8, 4) is 0 Å². The van der Waals surface area contributed by atoms with Crippen LogP contribution < -0.4 is 4.90 Å². The van der Waals surface area contributed by atoms with Crippen LogP contribution in [-0.4, -0.2) is 19.0 Å². The second-order valence-corrected chi connectivity index (χ2v) is 3.58. The second kappa shape index (κ2) is 4.70. The normalized spacial score (nSPS) is 11.0. The van der Waals surface area contributed by atoms with Crippen LogP contribution in [0.5, 0.6) is 0 Å². The van der Waals surface area contributed by atoms with Crippen molar-refractivity contribution < 1.29 is 13.8 Å². The zero-order chi connectivity index (χ0) is 13.1. The molecule has 0 unspecified atom stereocenters. The molecule has 0 aliphatic rings. The molecular formula is C10H10N4O4. The van der Waals surface area contributed by atoms with Crippen molar-refractivity contribution in [1.29, 1.82) is 0 Å². The smallest absolute Gasteiger partial charge is 0.421 e. The van der Waals surface area contributed by atoms with Crippen LogP contribution in [0.25, 0.3) is 0 Å². The molecule has 0 atom stereocenters. The summed E-state index contributed by atoms with van der Waals surface area (Å²) in [6, 6.07) is 5.94. The highest BCUT2D eigenvalue weighted by Crippen LogP contribution is 2.27. The van der Waals surface area contributed by atoms with Gasteiger partial charge in [-0.05, 0) is 0 Å². The van der Waals surface area contributed by atoms with Gasteiger partial charge in [0, 0.05) is 32.3 Å². The fraction of sp³-hybridized carbons (Fsp3) is 0.200. The molecule has 0 saturated carbocycles. The lowest BCUT2D eigenvalue weighted by Gasteiger charge is -2.05. The monoisotopic (exact) mass is 250 g/mol. The number of anilines is 1. The van der Waals surface area contributed by atoms with E-state index >= 15 is 0 Å². The molecule has 0 amide bonds. The molecule has 0 aliphatic carbocycles. The van der Waals surface area contributed by atoms with Crippen LogP contribution in [0.15, 0.2) is 43.3 Å². The number of azo groups is 1. The highest BCUT2D eigenvalue weighted by atomic mass is 16.6. The molecule has 18 heavy (non-hydrogen) atoms. The van der Waals surface area contributed by atoms with Crippen LogP contribution in [0, 0.1) is 10.1 Å². The van der Waals surface area contributed by atoms with Crippen LogP contribution >= 0.6 is 0 Å². The molecule has 0 bridgehead atoms. The molecule has 2 rings (SSSR count). The molecule has 0 spiro atoms. The molecule has 2 heterocycles. The van der Waals surface area contributed by atoms with Gasteiger partial charge in [-0.1, -0.05) is 0 Å². The topological polar surface area (TPSA) is 97.4 Å². The predicted octanol–water partition coefficient (Wildman–Crippen LogP) is 3.26. The lowest BCUT2D eigenvalue weighted by atomic mass is 10.6. The standard InChI is InChI=1S/C10H10N4O4/c1-13(2)9-5-3-7(17-9)11-12-8-4-6-10(18-8)14(15)16/h3-6H,1-2H3. The Balaban J connectivity index is 2.11. The van der Waals surface area contributed by atoms with Crippen molar-refractivity contribution in [3.63, 3.8) is 0 Å². The Labute approximate surface area is 102 Å². The second-order valence-electron chi connectivity index (χ2n) is 3.58. The van der Waals surface area contributed by atoms with Gasteiger partial charge in [-0.2, -0.15) is 0 Å². The summed E-state index contributed by atoms with van der Waals surface area (Å²) in [5, 5.41) is 17.8. The average Bonchev–Trinajstić information content (AvgIpc) is 2.95. The number of hydrogen-bond acceptors (Lipinski definition) is 7. The van der Waals surface area contributed by atoms with E-state index in [0.29, 0.717) is 5.88 Å². The van der Waals surface area contributed by atoms with Crippen molar-refractivity contribution in [1.82, 2.24) is 0 Å². The third-order valence-electron chi connectivity index (χ3n) is 2.02. The van der Waals surface area contributed by atoms with Crippen molar-refractivity contribution in [2.75, 3.05) is 19.0 Å². The Bertz CT molecular complexity index is 584. The maximum atomic E-state index is 10.4. The number of furan rings is 2. The number of rotatable bonds is 4. The summed E-state index contributed by atoms with van der Waals surface area (Å²) in [4.78, 5) is 11.5. The van der Waals surface area contributed by atoms with E-state index in [9.17, 15) is 10.1 Å². The number of nitro groups is 1. The van der Waals surface area contributed by atoms with E-state index < -0.39 is 4.92 Å². The van der Waals surface area contributed by atoms with Gasteiger partial charge in [-0.3, -0.25) is 10.1 Å². The van der Waals surface area contributed by atoms with E-state index in [1.54, 1.807) is 17.0 Å². The minimum atomic E-state index is -0.643. The molecule has 2 aromatic heterocycles. The molecule has 8 nitrogen and oxygen atoms in total. The minimum Gasteiger partial charge on any atom is -0.421 e. The van der Waals surface area contributed by atoms with Gasteiger partial charge in [-0.15, -0.1) is 10.2 Å². The molecular weight excluding hydrogens is 240 g/mol. The van der Waals surface area contributed by atoms with Crippen LogP contribution in [0.3, 0.4) is 0 Å². The van der Waals surface area contributed by atoms with Crippen molar-refractivity contribution in [2.24, 2.45) is 10.2 Å². The quantitative estimate of drug-likeness (QED) is 0.471. The average molecular weight is 250 g/mol. The first-order valence-corrected chi connectivity index (χ1v) is 4.99. The van der Waals surface area contributed by atoms with Gasteiger partial charge >= 0.3 is 5.88 Å². The SMILES string of the molecule is CN(C)c1ccc(N=Nc2ccc([N+](=O)[O-])o2)o1. The summed E-state index contributed by atoms with van der Waals surface area (Å²) < 4.78 is 10.1. The van der Waals surface area contributed by atoms with E-state index in [1.165, 1.54) is 12.1 Å². The Morgan fingerprint density at radius 1 is 1.11 bits per heavy atom. The largest absolute Gasteiger partial charge is 0.434 e. The van der Waals surface area contributed by atoms with Crippen molar-refractivity contribution in [2.45, 2.75) is 0 Å². The molecule has 0 N–H and O–H groups in total. The summed E-state index contributed by atoms with van der Waals surface area (Å²) >= 11 is 0. The van der Waals surface area contributed by atoms with Gasteiger partial charge in [0.05, 0.1) is 6.07 Å². The molecule has 0 saturated heterocycles. The van der Waals surface area contributed by atoms with Crippen LogP contribution in [0.4, 0.5) is 23.5 Å². The van der Waals surface area contributed by atoms with Gasteiger partial charge < -0.3 is 13.7 Å². The Morgan fingerprint density at radius 2 is 1.72 bits per heavy atom. The molecule has 0 fully saturated rings. The lowest BCUT2D eigenvalue weighted by molar-refractivity contribution is -0.401. The van der Waals surface area contributed by atoms with Crippen molar-refractivity contribution in [3.05, 3.63) is 34.4 Å². The van der Waals surface area contributed by atoms with Crippen LogP contribution in [0.2, 0.25) is 0 Å². The fourth-order valence-corrected chi connectivity index (χ4v) is 1.18. The van der Waals surface area contributed by atoms with E-state index in [2.05, 4.69) is 10.2 Å². The van der Waals surface area contributed by atoms with E-state index in [0.717, 1.165) is 0 Å². The zero-order valence-corrected chi connectivity index (χ0v) is 9.73. The van der Waals surface area contributed by atoms with Crippen LogP contribution in [-0.2, 0) is 0 Å². The number of nitrogens with zero attached hydrogens (tertiary/aromatic N) is 4. The first kappa shape index (κ1) is 11.8. The molecule has 8 heteroatoms. The summed E-state index contributed by atoms with van der Waals surface area (Å²) in [5.74, 6) is 0.592. The van der Waals surface area contributed by atoms with Crippen molar-refractivity contribution >= 4 is 23.5 Å². The predicted molar refractivity (Wildman–Crippen MR) is 62.6 cm³/mol. The Kier molecular flexibility index (Phi) is 3.09. The number of hydrogen-bond donors (Lipinski definition) is 0. The first-order chi connectivity index (χ1) is 8.56. The molecule has 0 aliphatic heterocycles. The summed E-state index contributed by atoms with van der Waals surface area (Å²) in [6.45, 7) is 0. The van der Waals surface area contributed by atoms with Crippen LogP contribution in [0.1, 0.15) is 0 Å². The van der Waals surface area contributed by atoms with Gasteiger partial charge in [0.15, 0.2) is 5.88 Å². The minimum absolute atomic E-state index is 0.0458. The van der Waals surface area contributed by atoms with Gasteiger partial charge in [0.1, 0.15) is 4.92 Å². The maximum Gasteiger partial charge on any atom is 0.434 e. The fourth-order valence-electron chi connectivity index (χ4n) is 1.18. The molecule has 0 radical (unpaired) electrons. The Morgan fingerprint density at radius 3 is 2.22 bits per heavy atom. The van der Waals surface area contributed by atoms with Gasteiger partial charge in [0.25, 0.3) is 0 Å². The lowest BCUT2D eigenvalue weighted by Crippen LogP contribution is -2.06. The zero-order valence-electron chi connectivity index (χ0n) is 9.73. The molecule has 94 valence electrons. The van der Waals surface area contributed by atoms with E-state index in [1.807, 2.05) is 14.1 Å². The summed E-state index contributed by atoms with van der Waals surface area (Å²) in [6.07, 6.45) is 0. The highest BCUT2D eigenvalue weighted by molar-refractivity contribution is 5.40. The highest BCUT2D eigenvalue weighted by Gasteiger charge is 2.11. The maximum absolute atomic E-state index is 10.4. The van der Waals surface area contributed by atoms with E-state index in [-0.39, 0.29) is 17.7 Å². The summed E-state index contributed by atoms with van der Waals surface area (Å²) in [7, 11) is 3.66. The Hall–Kier alpha value is -2.64.